The van der Waals surface area contributed by atoms with Gasteiger partial charge in [-0.15, -0.1) is 13.2 Å². The van der Waals surface area contributed by atoms with Crippen LogP contribution in [0.5, 0.6) is 5.75 Å². The SMILES string of the molecule is O=C(CC1CCCC1)NC(Cc1ccc(-c2cc(C(F)(F)F)cc(C(Cc3ccccc3)(NC(=O)c3cccc(OC(F)(F)F)c3)c3ccccn3)c2)cc1)(c1cccc(C(F)(F)F)c1)c1ccccn1. The maximum atomic E-state index is 15.2. The number of nitrogens with one attached hydrogen (secondary N) is 2. The molecule has 16 heteroatoms. The first-order chi connectivity index (χ1) is 33.8. The monoisotopic (exact) mass is 980 g/mol. The van der Waals surface area contributed by atoms with E-state index in [9.17, 15) is 35.9 Å². The summed E-state index contributed by atoms with van der Waals surface area (Å²) >= 11 is 0. The summed E-state index contributed by atoms with van der Waals surface area (Å²) in [6.07, 6.45) is -8.43. The molecule has 0 saturated heterocycles. The van der Waals surface area contributed by atoms with Crippen molar-refractivity contribution in [2.24, 2.45) is 5.92 Å². The third kappa shape index (κ3) is 11.9. The van der Waals surface area contributed by atoms with Gasteiger partial charge in [-0.05, 0) is 125 Å². The molecule has 7 nitrogen and oxygen atoms in total. The number of benzene rings is 5. The van der Waals surface area contributed by atoms with E-state index in [-0.39, 0.29) is 70.3 Å². The minimum atomic E-state index is -5.08. The fourth-order valence-corrected chi connectivity index (χ4v) is 9.33. The Hall–Kier alpha value is -7.49. The summed E-state index contributed by atoms with van der Waals surface area (Å²) < 4.78 is 132. The molecule has 8 rings (SSSR count). The van der Waals surface area contributed by atoms with Gasteiger partial charge in [0.25, 0.3) is 5.91 Å². The van der Waals surface area contributed by atoms with E-state index >= 15 is 13.2 Å². The number of hydrogen-bond donors (Lipinski definition) is 2. The van der Waals surface area contributed by atoms with Crippen LogP contribution in [0.4, 0.5) is 39.5 Å². The third-order valence-electron chi connectivity index (χ3n) is 12.7. The van der Waals surface area contributed by atoms with E-state index in [4.69, 9.17) is 0 Å². The van der Waals surface area contributed by atoms with E-state index < -0.39 is 52.6 Å². The van der Waals surface area contributed by atoms with Crippen LogP contribution in [-0.2, 0) is 41.1 Å². The predicted molar refractivity (Wildman–Crippen MR) is 248 cm³/mol. The van der Waals surface area contributed by atoms with Gasteiger partial charge in [0.15, 0.2) is 0 Å². The van der Waals surface area contributed by atoms with Gasteiger partial charge in [-0.1, -0.05) is 97.8 Å². The minimum absolute atomic E-state index is 0.0447. The molecule has 5 aromatic carbocycles. The number of amides is 2. The molecular weight excluding hydrogens is 936 g/mol. The standard InChI is InChI=1S/C55H45F9N4O3/c56-53(57,58)43-18-11-17-42(32-43)51(47-20-6-8-26-65-47,67-49(69)28-36-12-4-5-13-36)35-38-22-24-39(25-23-38)41-29-44(33-45(30-41)54(59,60)61)52(48-21-7-9-27-66-48,34-37-14-2-1-3-15-37)68-50(70)40-16-10-19-46(31-40)71-55(62,63)64/h1-3,6-11,14-27,29-33,36H,4-5,12-13,28,34-35H2,(H,67,69)(H,68,70). The van der Waals surface area contributed by atoms with Crippen LogP contribution in [0.2, 0.25) is 0 Å². The summed E-state index contributed by atoms with van der Waals surface area (Å²) in [5, 5.41) is 5.97. The molecule has 2 atom stereocenters. The quantitative estimate of drug-likeness (QED) is 0.0999. The maximum absolute atomic E-state index is 15.2. The Balaban J connectivity index is 1.25. The highest BCUT2D eigenvalue weighted by atomic mass is 19.4. The number of hydrogen-bond acceptors (Lipinski definition) is 5. The molecule has 2 heterocycles. The van der Waals surface area contributed by atoms with Crippen LogP contribution in [0.1, 0.15) is 87.2 Å². The molecule has 2 N–H and O–H groups in total. The number of carbonyl (C=O) groups is 2. The van der Waals surface area contributed by atoms with Crippen LogP contribution in [0.15, 0.2) is 170 Å². The Kier molecular flexibility index (Phi) is 14.4. The summed E-state index contributed by atoms with van der Waals surface area (Å²) in [5.74, 6) is -1.93. The fraction of sp³-hybridized carbons (Fsp3) is 0.236. The Morgan fingerprint density at radius 2 is 1.07 bits per heavy atom. The molecule has 1 aliphatic rings. The molecule has 366 valence electrons. The molecular formula is C55H45F9N4O3. The fourth-order valence-electron chi connectivity index (χ4n) is 9.33. The van der Waals surface area contributed by atoms with E-state index in [0.29, 0.717) is 11.1 Å². The zero-order chi connectivity index (χ0) is 50.4. The van der Waals surface area contributed by atoms with Gasteiger partial charge in [0, 0.05) is 37.2 Å². The predicted octanol–water partition coefficient (Wildman–Crippen LogP) is 13.2. The number of carbonyl (C=O) groups excluding carboxylic acids is 2. The first-order valence-electron chi connectivity index (χ1n) is 22.7. The topological polar surface area (TPSA) is 93.2 Å². The molecule has 1 fully saturated rings. The van der Waals surface area contributed by atoms with Crippen molar-refractivity contribution in [1.29, 1.82) is 0 Å². The van der Waals surface area contributed by atoms with Crippen molar-refractivity contribution in [2.75, 3.05) is 0 Å². The number of aromatic nitrogens is 2. The number of rotatable bonds is 15. The Bertz CT molecular complexity index is 2950. The molecule has 0 bridgehead atoms. The zero-order valence-corrected chi connectivity index (χ0v) is 37.7. The summed E-state index contributed by atoms with van der Waals surface area (Å²) in [4.78, 5) is 37.4. The molecule has 0 radical (unpaired) electrons. The Morgan fingerprint density at radius 1 is 0.521 bits per heavy atom. The number of nitrogens with zero attached hydrogens (tertiary/aromatic N) is 2. The van der Waals surface area contributed by atoms with Gasteiger partial charge in [-0.2, -0.15) is 26.3 Å². The van der Waals surface area contributed by atoms with Gasteiger partial charge in [0.2, 0.25) is 5.91 Å². The largest absolute Gasteiger partial charge is 0.573 e. The van der Waals surface area contributed by atoms with Crippen LogP contribution < -0.4 is 15.4 Å². The van der Waals surface area contributed by atoms with Crippen LogP contribution in [0.25, 0.3) is 11.1 Å². The van der Waals surface area contributed by atoms with Gasteiger partial charge in [-0.25, -0.2) is 0 Å². The number of alkyl halides is 9. The van der Waals surface area contributed by atoms with Gasteiger partial charge in [0.1, 0.15) is 16.8 Å². The number of ether oxygens (including phenoxy) is 1. The van der Waals surface area contributed by atoms with E-state index in [0.717, 1.165) is 62.1 Å². The van der Waals surface area contributed by atoms with Crippen LogP contribution in [-0.4, -0.2) is 28.1 Å². The Morgan fingerprint density at radius 3 is 1.66 bits per heavy atom. The second kappa shape index (κ2) is 20.5. The average Bonchev–Trinajstić information content (AvgIpc) is 3.86. The van der Waals surface area contributed by atoms with Gasteiger partial charge >= 0.3 is 18.7 Å². The summed E-state index contributed by atoms with van der Waals surface area (Å²) in [7, 11) is 0. The summed E-state index contributed by atoms with van der Waals surface area (Å²) in [6, 6.07) is 36.7. The lowest BCUT2D eigenvalue weighted by Gasteiger charge is -2.36. The van der Waals surface area contributed by atoms with Gasteiger partial charge < -0.3 is 15.4 Å². The van der Waals surface area contributed by atoms with Crippen LogP contribution in [0.3, 0.4) is 0 Å². The zero-order valence-electron chi connectivity index (χ0n) is 37.7. The molecule has 1 saturated carbocycles. The van der Waals surface area contributed by atoms with Crippen molar-refractivity contribution in [2.45, 2.75) is 74.7 Å². The molecule has 0 spiro atoms. The summed E-state index contributed by atoms with van der Waals surface area (Å²) in [5.41, 5.74) is -4.10. The van der Waals surface area contributed by atoms with E-state index in [2.05, 4.69) is 25.3 Å². The van der Waals surface area contributed by atoms with Crippen LogP contribution in [0, 0.1) is 5.92 Å². The van der Waals surface area contributed by atoms with Crippen LogP contribution >= 0.6 is 0 Å². The minimum Gasteiger partial charge on any atom is -0.406 e. The second-order valence-corrected chi connectivity index (χ2v) is 17.6. The summed E-state index contributed by atoms with van der Waals surface area (Å²) in [6.45, 7) is 0. The molecule has 7 aromatic rings. The molecule has 0 aliphatic heterocycles. The molecule has 1 aliphatic carbocycles. The first kappa shape index (κ1) is 49.9. The van der Waals surface area contributed by atoms with Crippen molar-refractivity contribution in [3.05, 3.63) is 220 Å². The highest BCUT2D eigenvalue weighted by molar-refractivity contribution is 5.95. The normalized spacial score (nSPS) is 15.1. The van der Waals surface area contributed by atoms with E-state index in [1.54, 1.807) is 84.9 Å². The second-order valence-electron chi connectivity index (χ2n) is 17.6. The third-order valence-corrected chi connectivity index (χ3v) is 12.7. The molecule has 2 unspecified atom stereocenters. The smallest absolute Gasteiger partial charge is 0.406 e. The van der Waals surface area contributed by atoms with Gasteiger partial charge in [0.05, 0.1) is 22.5 Å². The first-order valence-corrected chi connectivity index (χ1v) is 22.7. The van der Waals surface area contributed by atoms with E-state index in [1.165, 1.54) is 48.8 Å². The number of pyridine rings is 2. The average molecular weight is 981 g/mol. The number of halogens is 9. The Labute approximate surface area is 403 Å². The van der Waals surface area contributed by atoms with Crippen molar-refractivity contribution < 1.29 is 53.8 Å². The van der Waals surface area contributed by atoms with Crippen molar-refractivity contribution in [1.82, 2.24) is 20.6 Å². The van der Waals surface area contributed by atoms with E-state index in [1.807, 2.05) is 0 Å². The van der Waals surface area contributed by atoms with Gasteiger partial charge in [-0.3, -0.25) is 19.6 Å². The molecule has 2 aromatic heterocycles. The lowest BCUT2D eigenvalue weighted by Crippen LogP contribution is -2.49. The lowest BCUT2D eigenvalue weighted by molar-refractivity contribution is -0.274. The maximum Gasteiger partial charge on any atom is 0.573 e. The highest BCUT2D eigenvalue weighted by Gasteiger charge is 2.43. The lowest BCUT2D eigenvalue weighted by atomic mass is 9.78. The van der Waals surface area contributed by atoms with Crippen molar-refractivity contribution in [3.63, 3.8) is 0 Å². The molecule has 71 heavy (non-hydrogen) atoms. The molecule has 2 amide bonds. The highest BCUT2D eigenvalue weighted by Crippen LogP contribution is 2.42. The van der Waals surface area contributed by atoms with Crippen molar-refractivity contribution in [3.8, 4) is 16.9 Å². The van der Waals surface area contributed by atoms with Crippen molar-refractivity contribution >= 4 is 11.8 Å².